The third-order valence-corrected chi connectivity index (χ3v) is 6.62. The second-order valence-electron chi connectivity index (χ2n) is 5.98. The molecule has 0 heterocycles. The van der Waals surface area contributed by atoms with Gasteiger partial charge in [0.2, 0.25) is 10.0 Å². The first-order chi connectivity index (χ1) is 12.7. The van der Waals surface area contributed by atoms with Crippen molar-refractivity contribution in [2.45, 2.75) is 31.7 Å². The Morgan fingerprint density at radius 3 is 2.30 bits per heavy atom. The summed E-state index contributed by atoms with van der Waals surface area (Å²) in [6.45, 7) is 5.88. The summed E-state index contributed by atoms with van der Waals surface area (Å²) in [6, 6.07) is 9.42. The van der Waals surface area contributed by atoms with E-state index in [1.165, 1.54) is 34.6 Å². The van der Waals surface area contributed by atoms with Crippen LogP contribution in [-0.4, -0.2) is 31.7 Å². The van der Waals surface area contributed by atoms with Gasteiger partial charge in [-0.25, -0.2) is 12.8 Å². The molecule has 8 heteroatoms. The summed E-state index contributed by atoms with van der Waals surface area (Å²) >= 11 is 6.12. The Hall–Kier alpha value is -1.96. The number of nitrogens with zero attached hydrogens (tertiary/aromatic N) is 1. The Bertz CT molecular complexity index is 913. The van der Waals surface area contributed by atoms with Gasteiger partial charge in [-0.1, -0.05) is 37.6 Å². The molecule has 1 N–H and O–H groups in total. The van der Waals surface area contributed by atoms with Crippen LogP contribution in [0, 0.1) is 5.82 Å². The number of nitrogens with one attached hydrogen (secondary N) is 1. The van der Waals surface area contributed by atoms with Crippen LogP contribution in [0.1, 0.15) is 42.7 Å². The lowest BCUT2D eigenvalue weighted by Crippen LogP contribution is -2.31. The monoisotopic (exact) mass is 412 g/mol. The van der Waals surface area contributed by atoms with Crippen molar-refractivity contribution in [2.24, 2.45) is 0 Å². The summed E-state index contributed by atoms with van der Waals surface area (Å²) < 4.78 is 39.7. The minimum atomic E-state index is -3.71. The van der Waals surface area contributed by atoms with Crippen LogP contribution in [-0.2, 0) is 10.0 Å². The van der Waals surface area contributed by atoms with E-state index in [1.807, 2.05) is 0 Å². The summed E-state index contributed by atoms with van der Waals surface area (Å²) in [7, 11) is -3.71. The number of hydrogen-bond donors (Lipinski definition) is 1. The normalized spacial score (nSPS) is 12.8. The molecular formula is C19H22ClFN2O3S. The Morgan fingerprint density at radius 2 is 1.74 bits per heavy atom. The number of carbonyl (C=O) groups excluding carboxylic acids is 1. The van der Waals surface area contributed by atoms with Gasteiger partial charge in [-0.15, -0.1) is 0 Å². The number of halogens is 2. The van der Waals surface area contributed by atoms with Crippen LogP contribution >= 0.6 is 11.6 Å². The number of rotatable bonds is 7. The van der Waals surface area contributed by atoms with Crippen molar-refractivity contribution in [1.82, 2.24) is 9.62 Å². The van der Waals surface area contributed by atoms with Crippen molar-refractivity contribution in [3.63, 3.8) is 0 Å². The Balaban J connectivity index is 2.30. The van der Waals surface area contributed by atoms with E-state index in [0.717, 1.165) is 0 Å². The molecule has 146 valence electrons. The zero-order valence-corrected chi connectivity index (χ0v) is 16.9. The molecule has 0 spiro atoms. The third-order valence-electron chi connectivity index (χ3n) is 4.24. The molecule has 5 nitrogen and oxygen atoms in total. The van der Waals surface area contributed by atoms with Gasteiger partial charge in [0.05, 0.1) is 21.5 Å². The predicted octanol–water partition coefficient (Wildman–Crippen LogP) is 4.00. The van der Waals surface area contributed by atoms with Gasteiger partial charge in [-0.05, 0) is 42.8 Å². The summed E-state index contributed by atoms with van der Waals surface area (Å²) in [5, 5.41) is 2.90. The van der Waals surface area contributed by atoms with Gasteiger partial charge in [-0.2, -0.15) is 4.31 Å². The smallest absolute Gasteiger partial charge is 0.253 e. The number of hydrogen-bond acceptors (Lipinski definition) is 3. The lowest BCUT2D eigenvalue weighted by Gasteiger charge is -2.19. The molecule has 0 saturated heterocycles. The van der Waals surface area contributed by atoms with Crippen LogP contribution in [0.3, 0.4) is 0 Å². The van der Waals surface area contributed by atoms with Crippen molar-refractivity contribution >= 4 is 27.5 Å². The van der Waals surface area contributed by atoms with Crippen molar-refractivity contribution in [3.8, 4) is 0 Å². The highest BCUT2D eigenvalue weighted by molar-refractivity contribution is 7.89. The molecule has 0 aliphatic heterocycles. The highest BCUT2D eigenvalue weighted by Gasteiger charge is 2.24. The van der Waals surface area contributed by atoms with Crippen molar-refractivity contribution < 1.29 is 17.6 Å². The van der Waals surface area contributed by atoms with E-state index >= 15 is 0 Å². The Labute approximate surface area is 164 Å². The first-order valence-corrected chi connectivity index (χ1v) is 10.4. The Kier molecular flexibility index (Phi) is 6.97. The minimum absolute atomic E-state index is 0.00943. The molecule has 27 heavy (non-hydrogen) atoms. The van der Waals surface area contributed by atoms with Crippen molar-refractivity contribution in [3.05, 3.63) is 64.4 Å². The number of amides is 1. The predicted molar refractivity (Wildman–Crippen MR) is 104 cm³/mol. The van der Waals surface area contributed by atoms with Crippen LogP contribution in [0.5, 0.6) is 0 Å². The van der Waals surface area contributed by atoms with Gasteiger partial charge in [0.25, 0.3) is 5.91 Å². The second-order valence-corrected chi connectivity index (χ2v) is 8.32. The van der Waals surface area contributed by atoms with E-state index in [1.54, 1.807) is 32.9 Å². The first kappa shape index (κ1) is 21.3. The quantitative estimate of drug-likeness (QED) is 0.747. The maximum atomic E-state index is 13.0. The van der Waals surface area contributed by atoms with E-state index in [4.69, 9.17) is 11.6 Å². The van der Waals surface area contributed by atoms with Crippen LogP contribution in [0.4, 0.5) is 4.39 Å². The van der Waals surface area contributed by atoms with Crippen LogP contribution in [0.2, 0.25) is 5.02 Å². The molecule has 2 aromatic rings. The summed E-state index contributed by atoms with van der Waals surface area (Å²) in [6.07, 6.45) is 0. The average molecular weight is 413 g/mol. The zero-order chi connectivity index (χ0) is 20.2. The lowest BCUT2D eigenvalue weighted by molar-refractivity contribution is 0.0940. The topological polar surface area (TPSA) is 66.5 Å². The SMILES string of the molecule is CCN(CC)S(=O)(=O)c1ccc(Cl)c(C(=O)NC(C)c2ccc(F)cc2)c1. The molecule has 0 fully saturated rings. The summed E-state index contributed by atoms with van der Waals surface area (Å²) in [4.78, 5) is 12.6. The number of benzene rings is 2. The van der Waals surface area contributed by atoms with Gasteiger partial charge in [0, 0.05) is 13.1 Å². The molecular weight excluding hydrogens is 391 g/mol. The second kappa shape index (κ2) is 8.82. The molecule has 0 bridgehead atoms. The highest BCUT2D eigenvalue weighted by atomic mass is 35.5. The van der Waals surface area contributed by atoms with E-state index in [-0.39, 0.29) is 21.3 Å². The van der Waals surface area contributed by atoms with E-state index in [0.29, 0.717) is 18.7 Å². The Morgan fingerprint density at radius 1 is 1.15 bits per heavy atom. The fraction of sp³-hybridized carbons (Fsp3) is 0.316. The lowest BCUT2D eigenvalue weighted by atomic mass is 10.1. The highest BCUT2D eigenvalue weighted by Crippen LogP contribution is 2.24. The zero-order valence-electron chi connectivity index (χ0n) is 15.4. The summed E-state index contributed by atoms with van der Waals surface area (Å²) in [5.74, 6) is -0.872. The van der Waals surface area contributed by atoms with Crippen molar-refractivity contribution in [2.75, 3.05) is 13.1 Å². The fourth-order valence-electron chi connectivity index (χ4n) is 2.66. The van der Waals surface area contributed by atoms with Crippen LogP contribution < -0.4 is 5.32 Å². The van der Waals surface area contributed by atoms with Gasteiger partial charge >= 0.3 is 0 Å². The number of carbonyl (C=O) groups is 1. The molecule has 0 aromatic heterocycles. The molecule has 0 aliphatic carbocycles. The third kappa shape index (κ3) is 4.86. The molecule has 1 amide bonds. The maximum absolute atomic E-state index is 13.0. The van der Waals surface area contributed by atoms with E-state index in [2.05, 4.69) is 5.32 Å². The largest absolute Gasteiger partial charge is 0.345 e. The number of sulfonamides is 1. The molecule has 0 saturated carbocycles. The fourth-order valence-corrected chi connectivity index (χ4v) is 4.35. The molecule has 0 radical (unpaired) electrons. The molecule has 1 unspecified atom stereocenters. The first-order valence-electron chi connectivity index (χ1n) is 8.56. The minimum Gasteiger partial charge on any atom is -0.345 e. The van der Waals surface area contributed by atoms with E-state index < -0.39 is 22.0 Å². The van der Waals surface area contributed by atoms with Gasteiger partial charge in [0.15, 0.2) is 0 Å². The van der Waals surface area contributed by atoms with Gasteiger partial charge in [-0.3, -0.25) is 4.79 Å². The van der Waals surface area contributed by atoms with E-state index in [9.17, 15) is 17.6 Å². The van der Waals surface area contributed by atoms with Gasteiger partial charge in [0.1, 0.15) is 5.82 Å². The molecule has 1 atom stereocenters. The summed E-state index contributed by atoms with van der Waals surface area (Å²) in [5.41, 5.74) is 0.784. The molecule has 2 aromatic carbocycles. The van der Waals surface area contributed by atoms with Crippen LogP contribution in [0.25, 0.3) is 0 Å². The van der Waals surface area contributed by atoms with Crippen molar-refractivity contribution in [1.29, 1.82) is 0 Å². The molecule has 0 aliphatic rings. The van der Waals surface area contributed by atoms with Crippen LogP contribution in [0.15, 0.2) is 47.4 Å². The standard InChI is InChI=1S/C19H22ClFN2O3S/c1-4-23(5-2)27(25,26)16-10-11-18(20)17(12-16)19(24)22-13(3)14-6-8-15(21)9-7-14/h6-13H,4-5H2,1-3H3,(H,22,24). The van der Waals surface area contributed by atoms with Gasteiger partial charge < -0.3 is 5.32 Å². The maximum Gasteiger partial charge on any atom is 0.253 e. The average Bonchev–Trinajstić information content (AvgIpc) is 2.63. The molecule has 2 rings (SSSR count).